The zero-order chi connectivity index (χ0) is 13.5. The molecule has 1 saturated heterocycles. The Bertz CT molecular complexity index is 213. The van der Waals surface area contributed by atoms with Crippen LogP contribution in [-0.2, 0) is 0 Å². The molecular formula is C16H34N2. The molecule has 3 atom stereocenters. The van der Waals surface area contributed by atoms with Gasteiger partial charge in [0.2, 0.25) is 0 Å². The van der Waals surface area contributed by atoms with Crippen molar-refractivity contribution in [1.29, 1.82) is 0 Å². The lowest BCUT2D eigenvalue weighted by Crippen LogP contribution is -2.48. The molecule has 18 heavy (non-hydrogen) atoms. The van der Waals surface area contributed by atoms with E-state index < -0.39 is 0 Å². The Balaban J connectivity index is 2.42. The third-order valence-corrected chi connectivity index (χ3v) is 4.51. The largest absolute Gasteiger partial charge is 0.311 e. The smallest absolute Gasteiger partial charge is 0.00900 e. The van der Waals surface area contributed by atoms with Gasteiger partial charge in [-0.05, 0) is 57.5 Å². The van der Waals surface area contributed by atoms with Gasteiger partial charge >= 0.3 is 0 Å². The van der Waals surface area contributed by atoms with Crippen LogP contribution in [0.4, 0.5) is 0 Å². The molecule has 0 saturated carbocycles. The van der Waals surface area contributed by atoms with Crippen molar-refractivity contribution in [1.82, 2.24) is 10.2 Å². The maximum atomic E-state index is 3.87. The molecule has 2 nitrogen and oxygen atoms in total. The molecule has 2 heteroatoms. The first-order valence-corrected chi connectivity index (χ1v) is 8.06. The Morgan fingerprint density at radius 3 is 2.50 bits per heavy atom. The molecular weight excluding hydrogens is 220 g/mol. The topological polar surface area (TPSA) is 15.3 Å². The van der Waals surface area contributed by atoms with Crippen molar-refractivity contribution in [3.63, 3.8) is 0 Å². The van der Waals surface area contributed by atoms with Crippen LogP contribution in [0.15, 0.2) is 0 Å². The number of piperidine rings is 1. The molecule has 1 rings (SSSR count). The Hall–Kier alpha value is -0.0800. The van der Waals surface area contributed by atoms with Gasteiger partial charge in [-0.25, -0.2) is 0 Å². The Morgan fingerprint density at radius 1 is 1.22 bits per heavy atom. The van der Waals surface area contributed by atoms with Gasteiger partial charge in [-0.3, -0.25) is 0 Å². The quantitative estimate of drug-likeness (QED) is 0.748. The normalized spacial score (nSPS) is 25.3. The van der Waals surface area contributed by atoms with E-state index in [9.17, 15) is 0 Å². The third-order valence-electron chi connectivity index (χ3n) is 4.51. The second kappa shape index (κ2) is 8.16. The van der Waals surface area contributed by atoms with Crippen LogP contribution in [0.5, 0.6) is 0 Å². The molecule has 0 aliphatic carbocycles. The van der Waals surface area contributed by atoms with Gasteiger partial charge in [-0.1, -0.05) is 27.7 Å². The van der Waals surface area contributed by atoms with E-state index in [1.807, 2.05) is 0 Å². The third kappa shape index (κ3) is 4.89. The Morgan fingerprint density at radius 2 is 1.94 bits per heavy atom. The van der Waals surface area contributed by atoms with Crippen LogP contribution >= 0.6 is 0 Å². The molecule has 1 aliphatic rings. The second-order valence-corrected chi connectivity index (χ2v) is 6.42. The van der Waals surface area contributed by atoms with Gasteiger partial charge in [0, 0.05) is 18.6 Å². The predicted molar refractivity (Wildman–Crippen MR) is 81.0 cm³/mol. The number of hydrogen-bond acceptors (Lipinski definition) is 2. The summed E-state index contributed by atoms with van der Waals surface area (Å²) in [6.07, 6.45) is 5.32. The Labute approximate surface area is 115 Å². The number of nitrogens with one attached hydrogen (secondary N) is 1. The minimum atomic E-state index is 0.664. The van der Waals surface area contributed by atoms with E-state index in [-0.39, 0.29) is 0 Å². The van der Waals surface area contributed by atoms with Crippen molar-refractivity contribution >= 4 is 0 Å². The van der Waals surface area contributed by atoms with Crippen LogP contribution in [-0.4, -0.2) is 36.6 Å². The fraction of sp³-hybridized carbons (Fsp3) is 1.00. The molecule has 0 aromatic carbocycles. The highest BCUT2D eigenvalue weighted by Crippen LogP contribution is 2.21. The maximum absolute atomic E-state index is 3.87. The first-order chi connectivity index (χ1) is 8.58. The van der Waals surface area contributed by atoms with Crippen molar-refractivity contribution in [3.8, 4) is 0 Å². The second-order valence-electron chi connectivity index (χ2n) is 6.42. The lowest BCUT2D eigenvalue weighted by Gasteiger charge is -2.38. The zero-order valence-corrected chi connectivity index (χ0v) is 13.2. The van der Waals surface area contributed by atoms with Gasteiger partial charge in [0.25, 0.3) is 0 Å². The van der Waals surface area contributed by atoms with E-state index in [4.69, 9.17) is 0 Å². The van der Waals surface area contributed by atoms with Gasteiger partial charge in [-0.15, -0.1) is 0 Å². The summed E-state index contributed by atoms with van der Waals surface area (Å²) >= 11 is 0. The molecule has 1 heterocycles. The molecule has 0 bridgehead atoms. The summed E-state index contributed by atoms with van der Waals surface area (Å²) in [5.74, 6) is 1.59. The van der Waals surface area contributed by atoms with Gasteiger partial charge in [0.1, 0.15) is 0 Å². The van der Waals surface area contributed by atoms with Gasteiger partial charge < -0.3 is 10.2 Å². The molecule has 3 unspecified atom stereocenters. The minimum Gasteiger partial charge on any atom is -0.311 e. The molecule has 0 spiro atoms. The van der Waals surface area contributed by atoms with E-state index in [0.717, 1.165) is 11.8 Å². The number of rotatable bonds is 7. The summed E-state index contributed by atoms with van der Waals surface area (Å²) in [6.45, 7) is 15.5. The van der Waals surface area contributed by atoms with Gasteiger partial charge in [0.05, 0.1) is 0 Å². The van der Waals surface area contributed by atoms with Gasteiger partial charge in [-0.2, -0.15) is 0 Å². The van der Waals surface area contributed by atoms with Crippen LogP contribution in [0.25, 0.3) is 0 Å². The van der Waals surface area contributed by atoms with E-state index in [1.165, 1.54) is 45.3 Å². The molecule has 108 valence electrons. The van der Waals surface area contributed by atoms with E-state index >= 15 is 0 Å². The average Bonchev–Trinajstić information content (AvgIpc) is 2.36. The molecule has 1 fully saturated rings. The zero-order valence-electron chi connectivity index (χ0n) is 13.2. The SMILES string of the molecule is CCCN1CCCC(C(C)NC(CC)C(C)C)C1. The lowest BCUT2D eigenvalue weighted by molar-refractivity contribution is 0.142. The number of likely N-dealkylation sites (tertiary alicyclic amines) is 1. The van der Waals surface area contributed by atoms with Crippen molar-refractivity contribution in [2.24, 2.45) is 11.8 Å². The molecule has 0 aromatic heterocycles. The van der Waals surface area contributed by atoms with Crippen molar-refractivity contribution < 1.29 is 0 Å². The molecule has 0 amide bonds. The molecule has 0 radical (unpaired) electrons. The average molecular weight is 254 g/mol. The molecule has 0 aromatic rings. The first-order valence-electron chi connectivity index (χ1n) is 8.06. The summed E-state index contributed by atoms with van der Waals surface area (Å²) in [5, 5.41) is 3.87. The fourth-order valence-electron chi connectivity index (χ4n) is 3.27. The van der Waals surface area contributed by atoms with E-state index in [0.29, 0.717) is 12.1 Å². The standard InChI is InChI=1S/C16H34N2/c1-6-10-18-11-8-9-15(12-18)14(5)17-16(7-2)13(3)4/h13-17H,6-12H2,1-5H3. The van der Waals surface area contributed by atoms with Crippen LogP contribution in [0.1, 0.15) is 60.3 Å². The van der Waals surface area contributed by atoms with Crippen LogP contribution in [0.3, 0.4) is 0 Å². The van der Waals surface area contributed by atoms with E-state index in [2.05, 4.69) is 44.8 Å². The highest BCUT2D eigenvalue weighted by Gasteiger charge is 2.25. The van der Waals surface area contributed by atoms with Crippen molar-refractivity contribution in [2.45, 2.75) is 72.4 Å². The van der Waals surface area contributed by atoms with Crippen molar-refractivity contribution in [2.75, 3.05) is 19.6 Å². The van der Waals surface area contributed by atoms with Crippen LogP contribution in [0, 0.1) is 11.8 Å². The maximum Gasteiger partial charge on any atom is 0.00900 e. The molecule has 1 N–H and O–H groups in total. The Kier molecular flexibility index (Phi) is 7.25. The predicted octanol–water partition coefficient (Wildman–Crippen LogP) is 3.52. The fourth-order valence-corrected chi connectivity index (χ4v) is 3.27. The summed E-state index contributed by atoms with van der Waals surface area (Å²) in [5.41, 5.74) is 0. The van der Waals surface area contributed by atoms with Crippen LogP contribution in [0.2, 0.25) is 0 Å². The number of nitrogens with zero attached hydrogens (tertiary/aromatic N) is 1. The van der Waals surface area contributed by atoms with Gasteiger partial charge in [0.15, 0.2) is 0 Å². The summed E-state index contributed by atoms with van der Waals surface area (Å²) < 4.78 is 0. The first kappa shape index (κ1) is 16.0. The van der Waals surface area contributed by atoms with E-state index in [1.54, 1.807) is 0 Å². The minimum absolute atomic E-state index is 0.664. The summed E-state index contributed by atoms with van der Waals surface area (Å²) in [4.78, 5) is 2.66. The highest BCUT2D eigenvalue weighted by molar-refractivity contribution is 4.83. The summed E-state index contributed by atoms with van der Waals surface area (Å²) in [6, 6.07) is 1.35. The molecule has 1 aliphatic heterocycles. The monoisotopic (exact) mass is 254 g/mol. The number of hydrogen-bond donors (Lipinski definition) is 1. The van der Waals surface area contributed by atoms with Crippen LogP contribution < -0.4 is 5.32 Å². The summed E-state index contributed by atoms with van der Waals surface area (Å²) in [7, 11) is 0. The lowest BCUT2D eigenvalue weighted by atomic mass is 9.89. The van der Waals surface area contributed by atoms with Crippen molar-refractivity contribution in [3.05, 3.63) is 0 Å². The highest BCUT2D eigenvalue weighted by atomic mass is 15.1.